The van der Waals surface area contributed by atoms with Crippen molar-refractivity contribution in [1.82, 2.24) is 0 Å². The van der Waals surface area contributed by atoms with Gasteiger partial charge in [-0.2, -0.15) is 0 Å². The maximum Gasteiger partial charge on any atom is 0.330 e. The fourth-order valence-corrected chi connectivity index (χ4v) is 7.47. The number of carbonyl (C=O) groups is 8. The maximum absolute atomic E-state index is 14.3. The Bertz CT molecular complexity index is 2550. The Kier molecular flexibility index (Phi) is 16.8. The third-order valence-electron chi connectivity index (χ3n) is 11.1. The number of esters is 6. The SMILES string of the molecule is C=CC(=O)OCCOC(=O)CCC(=O)Oc1ccc(C(C)C2=C/C(=C3/C=C(C(C)c4ccc(OC(=O)CCC(=O)OCCOC(=O)C=C)cc4)C(=O)c4ccccc43)c3ccccc3C2=O)cc1. The summed E-state index contributed by atoms with van der Waals surface area (Å²) in [6, 6.07) is 28.2. The van der Waals surface area contributed by atoms with Crippen LogP contribution in [-0.2, 0) is 47.7 Å². The lowest BCUT2D eigenvalue weighted by atomic mass is 9.74. The van der Waals surface area contributed by atoms with Crippen LogP contribution in [0.15, 0.2) is 146 Å². The number of Topliss-reactive ketones (excluding diaryl/α,β-unsaturated/α-hetero) is 2. The first-order valence-electron chi connectivity index (χ1n) is 21.7. The number of carbonyl (C=O) groups excluding carboxylic acids is 8. The summed E-state index contributed by atoms with van der Waals surface area (Å²) < 4.78 is 30.3. The minimum Gasteiger partial charge on any atom is -0.462 e. The average Bonchev–Trinajstić information content (AvgIpc) is 3.35. The molecule has 4 aromatic carbocycles. The van der Waals surface area contributed by atoms with Gasteiger partial charge in [0.2, 0.25) is 0 Å². The fraction of sp³-hybridized carbons (Fsp3) is 0.222. The van der Waals surface area contributed by atoms with Crippen LogP contribution < -0.4 is 9.47 Å². The van der Waals surface area contributed by atoms with Crippen LogP contribution >= 0.6 is 0 Å². The monoisotopic (exact) mass is 920 g/mol. The highest BCUT2D eigenvalue weighted by molar-refractivity contribution is 6.24. The summed E-state index contributed by atoms with van der Waals surface area (Å²) in [5, 5.41) is 0. The van der Waals surface area contributed by atoms with Gasteiger partial charge in [0, 0.05) is 46.3 Å². The van der Waals surface area contributed by atoms with E-state index in [4.69, 9.17) is 28.4 Å². The molecule has 0 heterocycles. The van der Waals surface area contributed by atoms with Crippen molar-refractivity contribution in [1.29, 1.82) is 0 Å². The predicted molar refractivity (Wildman–Crippen MR) is 248 cm³/mol. The molecule has 2 aliphatic carbocycles. The number of hydrogen-bond acceptors (Lipinski definition) is 14. The van der Waals surface area contributed by atoms with Crippen LogP contribution in [0.2, 0.25) is 0 Å². The average molecular weight is 921 g/mol. The van der Waals surface area contributed by atoms with E-state index in [2.05, 4.69) is 13.2 Å². The molecule has 2 atom stereocenters. The molecule has 0 saturated carbocycles. The molecule has 4 aromatic rings. The lowest BCUT2D eigenvalue weighted by Crippen LogP contribution is -2.19. The van der Waals surface area contributed by atoms with Gasteiger partial charge < -0.3 is 28.4 Å². The summed E-state index contributed by atoms with van der Waals surface area (Å²) >= 11 is 0. The third-order valence-corrected chi connectivity index (χ3v) is 11.1. The number of allylic oxidation sites excluding steroid dienone is 6. The van der Waals surface area contributed by atoms with Crippen LogP contribution in [0.4, 0.5) is 0 Å². The number of ketones is 2. The van der Waals surface area contributed by atoms with E-state index >= 15 is 0 Å². The van der Waals surface area contributed by atoms with Gasteiger partial charge in [0.05, 0.1) is 25.7 Å². The Balaban J connectivity index is 1.18. The van der Waals surface area contributed by atoms with Crippen molar-refractivity contribution in [3.05, 3.63) is 179 Å². The Hall–Kier alpha value is -8.26. The van der Waals surface area contributed by atoms with Gasteiger partial charge in [-0.1, -0.05) is 99.8 Å². The van der Waals surface area contributed by atoms with Crippen molar-refractivity contribution in [3.8, 4) is 11.5 Å². The molecule has 0 N–H and O–H groups in total. The maximum atomic E-state index is 14.3. The van der Waals surface area contributed by atoms with Gasteiger partial charge in [0.25, 0.3) is 0 Å². The molecule has 6 rings (SSSR count). The first kappa shape index (κ1) is 49.2. The molecule has 0 aromatic heterocycles. The molecule has 14 heteroatoms. The van der Waals surface area contributed by atoms with Crippen LogP contribution in [0.3, 0.4) is 0 Å². The number of hydrogen-bond donors (Lipinski definition) is 0. The zero-order valence-corrected chi connectivity index (χ0v) is 37.5. The van der Waals surface area contributed by atoms with E-state index in [0.29, 0.717) is 33.4 Å². The Morgan fingerprint density at radius 1 is 0.456 bits per heavy atom. The molecule has 0 saturated heterocycles. The molecular weight excluding hydrogens is 873 g/mol. The van der Waals surface area contributed by atoms with Crippen LogP contribution in [0, 0.1) is 0 Å². The van der Waals surface area contributed by atoms with Crippen molar-refractivity contribution >= 4 is 58.5 Å². The highest BCUT2D eigenvalue weighted by atomic mass is 16.6. The molecule has 68 heavy (non-hydrogen) atoms. The molecule has 2 aliphatic rings. The van der Waals surface area contributed by atoms with E-state index in [9.17, 15) is 38.4 Å². The van der Waals surface area contributed by atoms with E-state index in [-0.39, 0.29) is 75.2 Å². The molecule has 0 amide bonds. The summed E-state index contributed by atoms with van der Waals surface area (Å²) in [6.07, 6.45) is 4.82. The highest BCUT2D eigenvalue weighted by Gasteiger charge is 2.33. The summed E-state index contributed by atoms with van der Waals surface area (Å²) in [5.74, 6) is -4.53. The number of benzene rings is 4. The standard InChI is InChI=1S/C54H48O14/c1-5-47(55)63-27-29-65-49(57)23-25-51(59)67-37-19-15-35(16-20-37)33(3)43-31-45(39-11-7-9-13-41(39)53(43)61)46-32-44(54(62)42-14-10-8-12-40(42)46)34(4)36-17-21-38(22-18-36)68-52(60)26-24-50(58)66-30-28-64-48(56)6-2/h5-22,31-34H,1-2,23-30H2,3-4H3/b46-45+. The van der Waals surface area contributed by atoms with Crippen molar-refractivity contribution in [2.75, 3.05) is 26.4 Å². The number of rotatable bonds is 20. The van der Waals surface area contributed by atoms with Gasteiger partial charge in [-0.25, -0.2) is 9.59 Å². The molecule has 0 radical (unpaired) electrons. The van der Waals surface area contributed by atoms with Gasteiger partial charge in [-0.05, 0) is 69.8 Å². The van der Waals surface area contributed by atoms with E-state index in [1.807, 2.05) is 62.4 Å². The largest absolute Gasteiger partial charge is 0.462 e. The van der Waals surface area contributed by atoms with Crippen LogP contribution in [0.1, 0.15) is 94.3 Å². The Morgan fingerprint density at radius 2 is 0.779 bits per heavy atom. The topological polar surface area (TPSA) is 192 Å². The summed E-state index contributed by atoms with van der Waals surface area (Å²) in [5.41, 5.74) is 6.54. The molecule has 348 valence electrons. The van der Waals surface area contributed by atoms with E-state index < -0.39 is 47.7 Å². The lowest BCUT2D eigenvalue weighted by Gasteiger charge is -2.28. The Labute approximate surface area is 392 Å². The van der Waals surface area contributed by atoms with Crippen molar-refractivity contribution in [3.63, 3.8) is 0 Å². The second-order valence-corrected chi connectivity index (χ2v) is 15.5. The lowest BCUT2D eigenvalue weighted by molar-refractivity contribution is -0.151. The molecule has 0 aliphatic heterocycles. The zero-order chi connectivity index (χ0) is 48.7. The summed E-state index contributed by atoms with van der Waals surface area (Å²) in [7, 11) is 0. The molecule has 2 unspecified atom stereocenters. The van der Waals surface area contributed by atoms with Gasteiger partial charge in [0.1, 0.15) is 37.9 Å². The highest BCUT2D eigenvalue weighted by Crippen LogP contribution is 2.44. The van der Waals surface area contributed by atoms with E-state index in [1.165, 1.54) is 0 Å². The third kappa shape index (κ3) is 12.5. The van der Waals surface area contributed by atoms with Gasteiger partial charge >= 0.3 is 35.8 Å². The van der Waals surface area contributed by atoms with E-state index in [1.54, 1.807) is 60.7 Å². The van der Waals surface area contributed by atoms with Crippen LogP contribution in [-0.4, -0.2) is 73.8 Å². The molecule has 0 bridgehead atoms. The fourth-order valence-electron chi connectivity index (χ4n) is 7.47. The quantitative estimate of drug-likeness (QED) is 0.0270. The first-order valence-corrected chi connectivity index (χ1v) is 21.7. The molecular formula is C54H48O14. The van der Waals surface area contributed by atoms with Crippen molar-refractivity contribution in [2.45, 2.75) is 51.4 Å². The van der Waals surface area contributed by atoms with Gasteiger partial charge in [-0.3, -0.25) is 28.8 Å². The molecule has 0 fully saturated rings. The zero-order valence-electron chi connectivity index (χ0n) is 37.5. The van der Waals surface area contributed by atoms with Crippen molar-refractivity contribution < 1.29 is 66.8 Å². The van der Waals surface area contributed by atoms with Gasteiger partial charge in [0.15, 0.2) is 11.6 Å². The van der Waals surface area contributed by atoms with Crippen molar-refractivity contribution in [2.24, 2.45) is 0 Å². The smallest absolute Gasteiger partial charge is 0.330 e. The second-order valence-electron chi connectivity index (χ2n) is 15.5. The summed E-state index contributed by atoms with van der Waals surface area (Å²) in [4.78, 5) is 99.9. The number of fused-ring (bicyclic) bond motifs is 2. The van der Waals surface area contributed by atoms with E-state index in [0.717, 1.165) is 34.4 Å². The Morgan fingerprint density at radius 3 is 1.13 bits per heavy atom. The normalized spacial score (nSPS) is 14.6. The van der Waals surface area contributed by atoms with Gasteiger partial charge in [-0.15, -0.1) is 0 Å². The first-order chi connectivity index (χ1) is 32.8. The van der Waals surface area contributed by atoms with Crippen LogP contribution in [0.5, 0.6) is 11.5 Å². The van der Waals surface area contributed by atoms with Crippen LogP contribution in [0.25, 0.3) is 11.1 Å². The molecule has 0 spiro atoms. The summed E-state index contributed by atoms with van der Waals surface area (Å²) in [6.45, 7) is 9.79. The minimum atomic E-state index is -0.652. The predicted octanol–water partition coefficient (Wildman–Crippen LogP) is 8.37. The second kappa shape index (κ2) is 23.3. The number of ether oxygens (including phenoxy) is 6. The molecule has 14 nitrogen and oxygen atoms in total. The minimum absolute atomic E-state index is 0.138.